The molecule has 0 fully saturated rings. The van der Waals surface area contributed by atoms with Crippen LogP contribution in [0, 0.1) is 0 Å². The van der Waals surface area contributed by atoms with Gasteiger partial charge in [-0.15, -0.1) is 0 Å². The molecule has 0 heterocycles. The Morgan fingerprint density at radius 3 is 2.55 bits per heavy atom. The fourth-order valence-electron chi connectivity index (χ4n) is 1.73. The average molecular weight is 385 g/mol. The Labute approximate surface area is 140 Å². The van der Waals surface area contributed by atoms with Crippen molar-refractivity contribution in [3.63, 3.8) is 0 Å². The second-order valence-electron chi connectivity index (χ2n) is 4.30. The van der Waals surface area contributed by atoms with Gasteiger partial charge in [0.05, 0.1) is 11.3 Å². The van der Waals surface area contributed by atoms with E-state index in [1.54, 1.807) is 0 Å². The Morgan fingerprint density at radius 2 is 1.91 bits per heavy atom. The number of carboxylic acids is 1. The highest BCUT2D eigenvalue weighted by Crippen LogP contribution is 2.30. The van der Waals surface area contributed by atoms with Crippen molar-refractivity contribution in [2.45, 2.75) is 6.61 Å². The molecule has 0 unspecified atom stereocenters. The van der Waals surface area contributed by atoms with Gasteiger partial charge >= 0.3 is 12.1 Å². The van der Waals surface area contributed by atoms with Gasteiger partial charge in [0.2, 0.25) is 0 Å². The van der Waals surface area contributed by atoms with Crippen molar-refractivity contribution in [2.75, 3.05) is 5.32 Å². The van der Waals surface area contributed by atoms with Crippen LogP contribution in [-0.4, -0.2) is 17.2 Å². The number of amides is 1. The standard InChI is InChI=1S/C15H11BrClNO4/c16-12-7-10(17)6-11(14(19)20)13(12)18-15(21)22-8-9-4-2-1-3-5-9/h1-7H,8H2,(H,18,21)(H,19,20). The van der Waals surface area contributed by atoms with Gasteiger partial charge in [-0.25, -0.2) is 9.59 Å². The molecule has 2 rings (SSSR count). The summed E-state index contributed by atoms with van der Waals surface area (Å²) in [5, 5.41) is 11.8. The first-order valence-electron chi connectivity index (χ1n) is 6.17. The molecule has 0 bridgehead atoms. The van der Waals surface area contributed by atoms with Crippen LogP contribution in [0.3, 0.4) is 0 Å². The van der Waals surface area contributed by atoms with E-state index in [4.69, 9.17) is 21.4 Å². The Balaban J connectivity index is 2.10. The smallest absolute Gasteiger partial charge is 0.412 e. The highest BCUT2D eigenvalue weighted by molar-refractivity contribution is 9.10. The molecule has 0 saturated heterocycles. The van der Waals surface area contributed by atoms with Gasteiger partial charge in [-0.1, -0.05) is 41.9 Å². The molecular weight excluding hydrogens is 374 g/mol. The van der Waals surface area contributed by atoms with E-state index in [2.05, 4.69) is 21.2 Å². The summed E-state index contributed by atoms with van der Waals surface area (Å²) in [6.45, 7) is 0.0836. The lowest BCUT2D eigenvalue weighted by Crippen LogP contribution is -2.16. The van der Waals surface area contributed by atoms with Crippen molar-refractivity contribution in [2.24, 2.45) is 0 Å². The lowest BCUT2D eigenvalue weighted by Gasteiger charge is -2.11. The van der Waals surface area contributed by atoms with Crippen molar-refractivity contribution in [1.29, 1.82) is 0 Å². The average Bonchev–Trinajstić information content (AvgIpc) is 2.48. The van der Waals surface area contributed by atoms with Gasteiger partial charge < -0.3 is 9.84 Å². The van der Waals surface area contributed by atoms with Crippen LogP contribution >= 0.6 is 27.5 Å². The maximum absolute atomic E-state index is 11.8. The molecule has 0 aliphatic carbocycles. The third-order valence-corrected chi connectivity index (χ3v) is 3.57. The molecule has 22 heavy (non-hydrogen) atoms. The number of aromatic carboxylic acids is 1. The number of hydrogen-bond donors (Lipinski definition) is 2. The highest BCUT2D eigenvalue weighted by Gasteiger charge is 2.17. The third-order valence-electron chi connectivity index (χ3n) is 2.73. The first-order chi connectivity index (χ1) is 10.5. The van der Waals surface area contributed by atoms with E-state index in [0.29, 0.717) is 4.47 Å². The SMILES string of the molecule is O=C(Nc1c(Br)cc(Cl)cc1C(=O)O)OCc1ccccc1. The predicted octanol–water partition coefficient (Wildman–Crippen LogP) is 4.55. The van der Waals surface area contributed by atoms with Crippen LogP contribution in [0.25, 0.3) is 0 Å². The van der Waals surface area contributed by atoms with E-state index >= 15 is 0 Å². The van der Waals surface area contributed by atoms with Crippen LogP contribution in [0.1, 0.15) is 15.9 Å². The molecule has 7 heteroatoms. The van der Waals surface area contributed by atoms with Crippen molar-refractivity contribution in [3.8, 4) is 0 Å². The van der Waals surface area contributed by atoms with Crippen molar-refractivity contribution in [3.05, 3.63) is 63.1 Å². The highest BCUT2D eigenvalue weighted by atomic mass is 79.9. The first kappa shape index (κ1) is 16.3. The quantitative estimate of drug-likeness (QED) is 0.811. The topological polar surface area (TPSA) is 75.6 Å². The molecule has 5 nitrogen and oxygen atoms in total. The summed E-state index contributed by atoms with van der Waals surface area (Å²) in [4.78, 5) is 23.0. The summed E-state index contributed by atoms with van der Waals surface area (Å²) >= 11 is 8.98. The number of benzene rings is 2. The van der Waals surface area contributed by atoms with Gasteiger partial charge in [-0.3, -0.25) is 5.32 Å². The molecule has 114 valence electrons. The molecular formula is C15H11BrClNO4. The number of carbonyl (C=O) groups excluding carboxylic acids is 1. The molecule has 0 saturated carbocycles. The Bertz CT molecular complexity index is 706. The van der Waals surface area contributed by atoms with E-state index in [1.807, 2.05) is 30.3 Å². The number of nitrogens with one attached hydrogen (secondary N) is 1. The van der Waals surface area contributed by atoms with E-state index in [0.717, 1.165) is 5.56 Å². The lowest BCUT2D eigenvalue weighted by molar-refractivity contribution is 0.0698. The van der Waals surface area contributed by atoms with Crippen LogP contribution in [0.5, 0.6) is 0 Å². The Kier molecular flexibility index (Phi) is 5.41. The molecule has 0 radical (unpaired) electrons. The van der Waals surface area contributed by atoms with Crippen molar-refractivity contribution in [1.82, 2.24) is 0 Å². The zero-order valence-corrected chi connectivity index (χ0v) is 13.5. The van der Waals surface area contributed by atoms with Crippen LogP contribution in [0.2, 0.25) is 5.02 Å². The molecule has 2 aromatic rings. The molecule has 2 aromatic carbocycles. The van der Waals surface area contributed by atoms with Crippen LogP contribution in [-0.2, 0) is 11.3 Å². The molecule has 0 aromatic heterocycles. The first-order valence-corrected chi connectivity index (χ1v) is 7.34. The maximum atomic E-state index is 11.8. The number of rotatable bonds is 4. The minimum Gasteiger partial charge on any atom is -0.478 e. The van der Waals surface area contributed by atoms with Crippen molar-refractivity contribution < 1.29 is 19.4 Å². The van der Waals surface area contributed by atoms with Gasteiger partial charge in [0.25, 0.3) is 0 Å². The summed E-state index contributed by atoms with van der Waals surface area (Å²) in [5.41, 5.74) is 0.789. The predicted molar refractivity (Wildman–Crippen MR) is 86.4 cm³/mol. The monoisotopic (exact) mass is 383 g/mol. The molecule has 0 atom stereocenters. The van der Waals surface area contributed by atoms with Crippen LogP contribution in [0.15, 0.2) is 46.9 Å². The van der Waals surface area contributed by atoms with Crippen molar-refractivity contribution >= 4 is 45.3 Å². The van der Waals surface area contributed by atoms with E-state index in [1.165, 1.54) is 12.1 Å². The van der Waals surface area contributed by atoms with E-state index in [-0.39, 0.29) is 22.9 Å². The number of ether oxygens (including phenoxy) is 1. The minimum absolute atomic E-state index is 0.0836. The molecule has 0 aliphatic heterocycles. The number of halogens is 2. The largest absolute Gasteiger partial charge is 0.478 e. The van der Waals surface area contributed by atoms with E-state index < -0.39 is 12.1 Å². The zero-order valence-electron chi connectivity index (χ0n) is 11.2. The summed E-state index contributed by atoms with van der Waals surface area (Å²) in [7, 11) is 0. The zero-order chi connectivity index (χ0) is 16.1. The van der Waals surface area contributed by atoms with Gasteiger partial charge in [0.1, 0.15) is 6.61 Å². The molecule has 0 aliphatic rings. The lowest BCUT2D eigenvalue weighted by atomic mass is 10.2. The number of anilines is 1. The third kappa shape index (κ3) is 4.22. The summed E-state index contributed by atoms with van der Waals surface area (Å²) in [6, 6.07) is 11.9. The van der Waals surface area contributed by atoms with Gasteiger partial charge in [0.15, 0.2) is 0 Å². The Hall–Kier alpha value is -2.05. The second kappa shape index (κ2) is 7.29. The fraction of sp³-hybridized carbons (Fsp3) is 0.0667. The Morgan fingerprint density at radius 1 is 1.23 bits per heavy atom. The number of hydrogen-bond acceptors (Lipinski definition) is 3. The number of carboxylic acid groups (broad SMARTS) is 1. The fourth-order valence-corrected chi connectivity index (χ4v) is 2.64. The van der Waals surface area contributed by atoms with Gasteiger partial charge in [-0.05, 0) is 33.6 Å². The number of carbonyl (C=O) groups is 2. The summed E-state index contributed by atoms with van der Waals surface area (Å²) < 4.78 is 5.41. The normalized spacial score (nSPS) is 10.1. The molecule has 2 N–H and O–H groups in total. The van der Waals surface area contributed by atoms with Gasteiger partial charge in [0, 0.05) is 9.50 Å². The van der Waals surface area contributed by atoms with Crippen LogP contribution < -0.4 is 5.32 Å². The maximum Gasteiger partial charge on any atom is 0.412 e. The second-order valence-corrected chi connectivity index (χ2v) is 5.59. The van der Waals surface area contributed by atoms with E-state index in [9.17, 15) is 9.59 Å². The van der Waals surface area contributed by atoms with Gasteiger partial charge in [-0.2, -0.15) is 0 Å². The molecule has 1 amide bonds. The summed E-state index contributed by atoms with van der Waals surface area (Å²) in [5.74, 6) is -1.21. The molecule has 0 spiro atoms. The summed E-state index contributed by atoms with van der Waals surface area (Å²) in [6.07, 6.45) is -0.755. The van der Waals surface area contributed by atoms with Crippen LogP contribution in [0.4, 0.5) is 10.5 Å². The minimum atomic E-state index is -1.21.